The van der Waals surface area contributed by atoms with Crippen molar-refractivity contribution >= 4 is 0 Å². The van der Waals surface area contributed by atoms with E-state index in [1.54, 1.807) is 0 Å². The average molecular weight is 255 g/mol. The van der Waals surface area contributed by atoms with Crippen LogP contribution in [0.2, 0.25) is 0 Å². The van der Waals surface area contributed by atoms with E-state index in [4.69, 9.17) is 9.47 Å². The standard InChI is InChI=1S/C11H20F3NO2/c1-2-5-15(9-11(12,13)14)6-4-10-16-7-3-8-17-10/h10H,2-9H2,1H3. The highest BCUT2D eigenvalue weighted by Crippen LogP contribution is 2.17. The molecule has 0 spiro atoms. The number of nitrogens with zero attached hydrogens (tertiary/aromatic N) is 1. The first-order valence-corrected chi connectivity index (χ1v) is 6.03. The van der Waals surface area contributed by atoms with Gasteiger partial charge in [0, 0.05) is 13.0 Å². The van der Waals surface area contributed by atoms with Crippen LogP contribution in [0.4, 0.5) is 13.2 Å². The lowest BCUT2D eigenvalue weighted by Crippen LogP contribution is -2.38. The first kappa shape index (κ1) is 14.7. The molecule has 0 unspecified atom stereocenters. The third-order valence-corrected chi connectivity index (χ3v) is 2.52. The molecule has 1 fully saturated rings. The van der Waals surface area contributed by atoms with Crippen molar-refractivity contribution in [3.05, 3.63) is 0 Å². The summed E-state index contributed by atoms with van der Waals surface area (Å²) in [4.78, 5) is 1.40. The van der Waals surface area contributed by atoms with Crippen molar-refractivity contribution < 1.29 is 22.6 Å². The molecule has 0 aliphatic carbocycles. The molecule has 0 aromatic carbocycles. The first-order chi connectivity index (χ1) is 8.01. The van der Waals surface area contributed by atoms with Crippen LogP contribution in [0.3, 0.4) is 0 Å². The van der Waals surface area contributed by atoms with Crippen molar-refractivity contribution in [3.63, 3.8) is 0 Å². The Kier molecular flexibility index (Phi) is 6.22. The Labute approximate surface area is 99.9 Å². The normalized spacial score (nSPS) is 18.9. The fourth-order valence-electron chi connectivity index (χ4n) is 1.83. The van der Waals surface area contributed by atoms with E-state index in [0.717, 1.165) is 6.42 Å². The number of rotatable bonds is 6. The Morgan fingerprint density at radius 1 is 1.18 bits per heavy atom. The summed E-state index contributed by atoms with van der Waals surface area (Å²) in [6, 6.07) is 0. The second-order valence-corrected chi connectivity index (χ2v) is 4.20. The minimum absolute atomic E-state index is 0.337. The number of ether oxygens (including phenoxy) is 2. The van der Waals surface area contributed by atoms with Crippen LogP contribution in [-0.4, -0.2) is 50.2 Å². The van der Waals surface area contributed by atoms with Gasteiger partial charge in [0.15, 0.2) is 6.29 Å². The summed E-state index contributed by atoms with van der Waals surface area (Å²) >= 11 is 0. The largest absolute Gasteiger partial charge is 0.401 e. The predicted octanol–water partition coefficient (Wildman–Crippen LogP) is 2.41. The van der Waals surface area contributed by atoms with Crippen LogP contribution < -0.4 is 0 Å². The van der Waals surface area contributed by atoms with Gasteiger partial charge in [0.25, 0.3) is 0 Å². The molecular weight excluding hydrogens is 235 g/mol. The number of hydrogen-bond acceptors (Lipinski definition) is 3. The molecule has 0 saturated carbocycles. The van der Waals surface area contributed by atoms with Gasteiger partial charge in [0.05, 0.1) is 19.8 Å². The van der Waals surface area contributed by atoms with Gasteiger partial charge >= 0.3 is 6.18 Å². The van der Waals surface area contributed by atoms with Gasteiger partial charge in [0.2, 0.25) is 0 Å². The number of hydrogen-bond donors (Lipinski definition) is 0. The lowest BCUT2D eigenvalue weighted by Gasteiger charge is -2.27. The summed E-state index contributed by atoms with van der Waals surface area (Å²) in [7, 11) is 0. The molecule has 1 aliphatic heterocycles. The zero-order valence-electron chi connectivity index (χ0n) is 10.1. The van der Waals surface area contributed by atoms with Crippen LogP contribution >= 0.6 is 0 Å². The highest BCUT2D eigenvalue weighted by molar-refractivity contribution is 4.64. The topological polar surface area (TPSA) is 21.7 Å². The van der Waals surface area contributed by atoms with Gasteiger partial charge in [-0.25, -0.2) is 0 Å². The van der Waals surface area contributed by atoms with Crippen molar-refractivity contribution in [3.8, 4) is 0 Å². The quantitative estimate of drug-likeness (QED) is 0.727. The number of halogens is 3. The van der Waals surface area contributed by atoms with Crippen molar-refractivity contribution in [1.82, 2.24) is 4.90 Å². The fraction of sp³-hybridized carbons (Fsp3) is 1.00. The van der Waals surface area contributed by atoms with Crippen LogP contribution in [0.5, 0.6) is 0 Å². The van der Waals surface area contributed by atoms with E-state index < -0.39 is 12.7 Å². The van der Waals surface area contributed by atoms with Crippen LogP contribution in [0.15, 0.2) is 0 Å². The summed E-state index contributed by atoms with van der Waals surface area (Å²) < 4.78 is 47.5. The maximum Gasteiger partial charge on any atom is 0.401 e. The maximum atomic E-state index is 12.3. The van der Waals surface area contributed by atoms with Crippen LogP contribution in [0, 0.1) is 0 Å². The van der Waals surface area contributed by atoms with Gasteiger partial charge in [-0.15, -0.1) is 0 Å². The molecule has 102 valence electrons. The summed E-state index contributed by atoms with van der Waals surface area (Å²) in [6.07, 6.45) is -2.41. The van der Waals surface area contributed by atoms with Crippen LogP contribution in [0.1, 0.15) is 26.2 Å². The van der Waals surface area contributed by atoms with E-state index in [1.165, 1.54) is 4.90 Å². The molecule has 0 aromatic heterocycles. The van der Waals surface area contributed by atoms with Gasteiger partial charge in [-0.3, -0.25) is 4.90 Å². The zero-order valence-corrected chi connectivity index (χ0v) is 10.1. The fourth-order valence-corrected chi connectivity index (χ4v) is 1.83. The molecule has 6 heteroatoms. The molecule has 1 saturated heterocycles. The van der Waals surface area contributed by atoms with Gasteiger partial charge in [-0.05, 0) is 19.4 Å². The molecule has 0 bridgehead atoms. The Morgan fingerprint density at radius 3 is 2.35 bits per heavy atom. The molecule has 1 rings (SSSR count). The number of alkyl halides is 3. The molecule has 0 N–H and O–H groups in total. The summed E-state index contributed by atoms with van der Waals surface area (Å²) in [5, 5.41) is 0. The molecule has 1 heterocycles. The predicted molar refractivity (Wildman–Crippen MR) is 57.7 cm³/mol. The van der Waals surface area contributed by atoms with Crippen LogP contribution in [0.25, 0.3) is 0 Å². The lowest BCUT2D eigenvalue weighted by atomic mass is 10.3. The molecule has 17 heavy (non-hydrogen) atoms. The molecule has 0 aromatic rings. The molecule has 0 radical (unpaired) electrons. The Morgan fingerprint density at radius 2 is 1.82 bits per heavy atom. The third kappa shape index (κ3) is 6.85. The van der Waals surface area contributed by atoms with E-state index in [-0.39, 0.29) is 6.29 Å². The third-order valence-electron chi connectivity index (χ3n) is 2.52. The lowest BCUT2D eigenvalue weighted by molar-refractivity contribution is -0.186. The minimum Gasteiger partial charge on any atom is -0.353 e. The zero-order chi connectivity index (χ0) is 12.7. The maximum absolute atomic E-state index is 12.3. The minimum atomic E-state index is -4.14. The molecule has 1 aliphatic rings. The van der Waals surface area contributed by atoms with E-state index in [9.17, 15) is 13.2 Å². The summed E-state index contributed by atoms with van der Waals surface area (Å²) in [5.41, 5.74) is 0. The molecule has 0 atom stereocenters. The van der Waals surface area contributed by atoms with Crippen LogP contribution in [-0.2, 0) is 9.47 Å². The Hall–Kier alpha value is -0.330. The first-order valence-electron chi connectivity index (χ1n) is 6.03. The van der Waals surface area contributed by atoms with Gasteiger partial charge < -0.3 is 9.47 Å². The molecule has 3 nitrogen and oxygen atoms in total. The van der Waals surface area contributed by atoms with Crippen molar-refractivity contribution in [2.75, 3.05) is 32.8 Å². The smallest absolute Gasteiger partial charge is 0.353 e. The summed E-state index contributed by atoms with van der Waals surface area (Å²) in [5.74, 6) is 0. The van der Waals surface area contributed by atoms with E-state index in [1.807, 2.05) is 6.92 Å². The highest BCUT2D eigenvalue weighted by Gasteiger charge is 2.30. The summed E-state index contributed by atoms with van der Waals surface area (Å²) in [6.45, 7) is 3.10. The highest BCUT2D eigenvalue weighted by atomic mass is 19.4. The van der Waals surface area contributed by atoms with E-state index in [0.29, 0.717) is 39.1 Å². The van der Waals surface area contributed by atoms with Crippen molar-refractivity contribution in [2.24, 2.45) is 0 Å². The van der Waals surface area contributed by atoms with Crippen molar-refractivity contribution in [1.29, 1.82) is 0 Å². The Bertz CT molecular complexity index is 205. The second kappa shape index (κ2) is 7.18. The Balaban J connectivity index is 2.27. The van der Waals surface area contributed by atoms with E-state index >= 15 is 0 Å². The molecular formula is C11H20F3NO2. The van der Waals surface area contributed by atoms with Gasteiger partial charge in [-0.2, -0.15) is 13.2 Å². The average Bonchev–Trinajstić information content (AvgIpc) is 2.26. The monoisotopic (exact) mass is 255 g/mol. The molecule has 0 amide bonds. The van der Waals surface area contributed by atoms with E-state index in [2.05, 4.69) is 0 Å². The second-order valence-electron chi connectivity index (χ2n) is 4.20. The van der Waals surface area contributed by atoms with Crippen molar-refractivity contribution in [2.45, 2.75) is 38.7 Å². The van der Waals surface area contributed by atoms with Gasteiger partial charge in [-0.1, -0.05) is 6.92 Å². The SMILES string of the molecule is CCCN(CCC1OCCCO1)CC(F)(F)F. The van der Waals surface area contributed by atoms with Gasteiger partial charge in [0.1, 0.15) is 0 Å².